The van der Waals surface area contributed by atoms with Crippen LogP contribution in [0.4, 0.5) is 0 Å². The van der Waals surface area contributed by atoms with Crippen LogP contribution in [-0.4, -0.2) is 6.61 Å². The summed E-state index contributed by atoms with van der Waals surface area (Å²) >= 11 is 0. The standard InChI is InChI=1S/C12H18O2/c1-5-13-14-11-8-6-10(7-9-11)12(2,3)4/h6-9H,5H2,1-4H3. The first-order valence-electron chi connectivity index (χ1n) is 4.94. The summed E-state index contributed by atoms with van der Waals surface area (Å²) in [6.45, 7) is 9.01. The Morgan fingerprint density at radius 3 is 2.07 bits per heavy atom. The molecule has 2 nitrogen and oxygen atoms in total. The van der Waals surface area contributed by atoms with Crippen LogP contribution in [0.15, 0.2) is 24.3 Å². The first kappa shape index (κ1) is 11.1. The smallest absolute Gasteiger partial charge is 0.165 e. The van der Waals surface area contributed by atoms with Crippen molar-refractivity contribution in [1.29, 1.82) is 0 Å². The average Bonchev–Trinajstić information content (AvgIpc) is 2.14. The van der Waals surface area contributed by atoms with E-state index in [9.17, 15) is 0 Å². The molecule has 1 aromatic carbocycles. The molecule has 0 radical (unpaired) electrons. The van der Waals surface area contributed by atoms with Gasteiger partial charge in [0.2, 0.25) is 0 Å². The van der Waals surface area contributed by atoms with Gasteiger partial charge in [0.1, 0.15) is 0 Å². The molecule has 0 aliphatic carbocycles. The Morgan fingerprint density at radius 2 is 1.64 bits per heavy atom. The van der Waals surface area contributed by atoms with Crippen molar-refractivity contribution in [3.8, 4) is 5.75 Å². The molecule has 1 aromatic rings. The molecule has 0 aliphatic heterocycles. The quantitative estimate of drug-likeness (QED) is 0.543. The Balaban J connectivity index is 2.69. The summed E-state index contributed by atoms with van der Waals surface area (Å²) in [5.41, 5.74) is 1.48. The lowest BCUT2D eigenvalue weighted by molar-refractivity contribution is -0.202. The molecule has 1 rings (SSSR count). The summed E-state index contributed by atoms with van der Waals surface area (Å²) in [5.74, 6) is 0.750. The Morgan fingerprint density at radius 1 is 1.07 bits per heavy atom. The molecule has 0 heterocycles. The second kappa shape index (κ2) is 4.47. The Labute approximate surface area is 85.8 Å². The molecule has 0 N–H and O–H groups in total. The fraction of sp³-hybridized carbons (Fsp3) is 0.500. The van der Waals surface area contributed by atoms with Gasteiger partial charge in [-0.1, -0.05) is 32.9 Å². The van der Waals surface area contributed by atoms with E-state index in [1.54, 1.807) is 0 Å². The van der Waals surface area contributed by atoms with Crippen molar-refractivity contribution in [3.05, 3.63) is 29.8 Å². The molecule has 0 spiro atoms. The first-order chi connectivity index (χ1) is 6.54. The minimum atomic E-state index is 0.185. The van der Waals surface area contributed by atoms with Crippen LogP contribution in [0.2, 0.25) is 0 Å². The SMILES string of the molecule is CCOOc1ccc(C(C)(C)C)cc1. The second-order valence-corrected chi connectivity index (χ2v) is 4.26. The van der Waals surface area contributed by atoms with Crippen molar-refractivity contribution in [2.45, 2.75) is 33.1 Å². The zero-order valence-corrected chi connectivity index (χ0v) is 9.33. The van der Waals surface area contributed by atoms with Crippen LogP contribution in [-0.2, 0) is 10.3 Å². The number of hydrogen-bond acceptors (Lipinski definition) is 2. The maximum absolute atomic E-state index is 5.02. The van der Waals surface area contributed by atoms with Gasteiger partial charge in [-0.05, 0) is 30.0 Å². The molecule has 0 saturated carbocycles. The van der Waals surface area contributed by atoms with Crippen LogP contribution in [0.5, 0.6) is 5.75 Å². The third-order valence-electron chi connectivity index (χ3n) is 1.99. The van der Waals surface area contributed by atoms with E-state index < -0.39 is 0 Å². The van der Waals surface area contributed by atoms with E-state index in [4.69, 9.17) is 9.78 Å². The maximum atomic E-state index is 5.02. The molecule has 0 bridgehead atoms. The van der Waals surface area contributed by atoms with Gasteiger partial charge in [-0.3, -0.25) is 0 Å². The normalized spacial score (nSPS) is 11.4. The summed E-state index contributed by atoms with van der Waals surface area (Å²) in [6, 6.07) is 7.98. The highest BCUT2D eigenvalue weighted by molar-refractivity contribution is 5.30. The van der Waals surface area contributed by atoms with Gasteiger partial charge >= 0.3 is 0 Å². The molecule has 14 heavy (non-hydrogen) atoms. The first-order valence-corrected chi connectivity index (χ1v) is 4.94. The monoisotopic (exact) mass is 194 g/mol. The molecular weight excluding hydrogens is 176 g/mol. The Kier molecular flexibility index (Phi) is 3.53. The van der Waals surface area contributed by atoms with E-state index in [0.717, 1.165) is 5.75 Å². The van der Waals surface area contributed by atoms with Crippen LogP contribution in [0.25, 0.3) is 0 Å². The second-order valence-electron chi connectivity index (χ2n) is 4.26. The maximum Gasteiger partial charge on any atom is 0.165 e. The largest absolute Gasteiger partial charge is 0.338 e. The van der Waals surface area contributed by atoms with Crippen LogP contribution < -0.4 is 4.89 Å². The fourth-order valence-corrected chi connectivity index (χ4v) is 1.14. The highest BCUT2D eigenvalue weighted by atomic mass is 17.2. The third-order valence-corrected chi connectivity index (χ3v) is 1.99. The topological polar surface area (TPSA) is 18.5 Å². The van der Waals surface area contributed by atoms with Gasteiger partial charge in [-0.25, -0.2) is 0 Å². The van der Waals surface area contributed by atoms with Crippen LogP contribution in [0, 0.1) is 0 Å². The van der Waals surface area contributed by atoms with E-state index >= 15 is 0 Å². The highest BCUT2D eigenvalue weighted by Gasteiger charge is 2.12. The van der Waals surface area contributed by atoms with Gasteiger partial charge in [0.15, 0.2) is 5.75 Å². The molecule has 0 unspecified atom stereocenters. The van der Waals surface area contributed by atoms with E-state index in [1.807, 2.05) is 19.1 Å². The van der Waals surface area contributed by atoms with Crippen molar-refractivity contribution >= 4 is 0 Å². The Bertz CT molecular complexity index is 269. The highest BCUT2D eigenvalue weighted by Crippen LogP contribution is 2.24. The summed E-state index contributed by atoms with van der Waals surface area (Å²) in [6.07, 6.45) is 0. The van der Waals surface area contributed by atoms with Crippen molar-refractivity contribution in [2.24, 2.45) is 0 Å². The lowest BCUT2D eigenvalue weighted by Gasteiger charge is -2.18. The van der Waals surface area contributed by atoms with Crippen LogP contribution >= 0.6 is 0 Å². The number of benzene rings is 1. The van der Waals surface area contributed by atoms with Crippen molar-refractivity contribution in [2.75, 3.05) is 6.61 Å². The Hall–Kier alpha value is -1.02. The third kappa shape index (κ3) is 3.04. The molecule has 0 atom stereocenters. The van der Waals surface area contributed by atoms with Gasteiger partial charge in [-0.15, -0.1) is 0 Å². The summed E-state index contributed by atoms with van der Waals surface area (Å²) in [5, 5.41) is 0. The molecule has 0 amide bonds. The summed E-state index contributed by atoms with van der Waals surface area (Å²) in [4.78, 5) is 9.87. The van der Waals surface area contributed by atoms with E-state index in [2.05, 4.69) is 32.9 Å². The zero-order valence-electron chi connectivity index (χ0n) is 9.33. The molecule has 0 aliphatic rings. The number of hydrogen-bond donors (Lipinski definition) is 0. The predicted molar refractivity (Wildman–Crippen MR) is 57.4 cm³/mol. The minimum absolute atomic E-state index is 0.185. The van der Waals surface area contributed by atoms with Gasteiger partial charge in [0.05, 0.1) is 6.61 Å². The molecule has 0 aromatic heterocycles. The molecular formula is C12H18O2. The fourth-order valence-electron chi connectivity index (χ4n) is 1.14. The van der Waals surface area contributed by atoms with Crippen molar-refractivity contribution in [1.82, 2.24) is 0 Å². The summed E-state index contributed by atoms with van der Waals surface area (Å²) < 4.78 is 0. The lowest BCUT2D eigenvalue weighted by atomic mass is 9.87. The lowest BCUT2D eigenvalue weighted by Crippen LogP contribution is -2.10. The van der Waals surface area contributed by atoms with Gasteiger partial charge in [-0.2, -0.15) is 4.89 Å². The van der Waals surface area contributed by atoms with E-state index in [1.165, 1.54) is 5.56 Å². The van der Waals surface area contributed by atoms with E-state index in [0.29, 0.717) is 6.61 Å². The number of rotatable bonds is 3. The summed E-state index contributed by atoms with van der Waals surface area (Å²) in [7, 11) is 0. The van der Waals surface area contributed by atoms with Gasteiger partial charge in [0, 0.05) is 0 Å². The van der Waals surface area contributed by atoms with Crippen LogP contribution in [0.1, 0.15) is 33.3 Å². The molecule has 2 heteroatoms. The molecule has 0 saturated heterocycles. The van der Waals surface area contributed by atoms with Crippen molar-refractivity contribution < 1.29 is 9.78 Å². The predicted octanol–water partition coefficient (Wildman–Crippen LogP) is 3.31. The van der Waals surface area contributed by atoms with E-state index in [-0.39, 0.29) is 5.41 Å². The minimum Gasteiger partial charge on any atom is -0.338 e. The van der Waals surface area contributed by atoms with Crippen molar-refractivity contribution in [3.63, 3.8) is 0 Å². The molecule has 0 fully saturated rings. The van der Waals surface area contributed by atoms with Gasteiger partial charge in [0.25, 0.3) is 0 Å². The van der Waals surface area contributed by atoms with Crippen LogP contribution in [0.3, 0.4) is 0 Å². The zero-order chi connectivity index (χ0) is 10.6. The van der Waals surface area contributed by atoms with Gasteiger partial charge < -0.3 is 4.89 Å². The molecule has 78 valence electrons. The average molecular weight is 194 g/mol.